The molecule has 95 heavy (non-hydrogen) atoms. The molecule has 27 heteroatoms. The second-order valence-electron chi connectivity index (χ2n) is 25.6. The number of carbonyl (C=O) groups excluding carboxylic acids is 10. The molecule has 2 aliphatic rings. The summed E-state index contributed by atoms with van der Waals surface area (Å²) in [6.07, 6.45) is 2.19. The molecule has 2 heterocycles. The summed E-state index contributed by atoms with van der Waals surface area (Å²) in [5.74, 6) is -5.58. The largest absolute Gasteiger partial charge is 0.445 e. The van der Waals surface area contributed by atoms with E-state index in [9.17, 15) is 53.1 Å². The fraction of sp³-hybridized carbons (Fsp3) is 0.647. The van der Waals surface area contributed by atoms with E-state index < -0.39 is 126 Å². The molecule has 2 aromatic rings. The molecule has 4 rings (SSSR count). The van der Waals surface area contributed by atoms with Crippen molar-refractivity contribution in [1.29, 1.82) is 0 Å². The minimum absolute atomic E-state index is 0.0769. The number of likely N-dealkylation sites (tertiary alicyclic amines) is 1. The van der Waals surface area contributed by atoms with E-state index >= 15 is 0 Å². The van der Waals surface area contributed by atoms with Crippen LogP contribution in [0.5, 0.6) is 0 Å². The lowest BCUT2D eigenvalue weighted by Gasteiger charge is -2.41. The summed E-state index contributed by atoms with van der Waals surface area (Å²) in [5.41, 5.74) is 6.77. The highest BCUT2D eigenvalue weighted by atomic mass is 16.6. The Morgan fingerprint density at radius 2 is 1.41 bits per heavy atom. The molecule has 0 saturated carbocycles. The van der Waals surface area contributed by atoms with Gasteiger partial charge in [0.25, 0.3) is 0 Å². The topological polar surface area (TPSA) is 348 Å². The van der Waals surface area contributed by atoms with Gasteiger partial charge in [-0.15, -0.1) is 0 Å². The summed E-state index contributed by atoms with van der Waals surface area (Å²) < 4.78 is 28.7. The number of hydrogen-bond acceptors (Lipinski definition) is 16. The van der Waals surface area contributed by atoms with Crippen molar-refractivity contribution >= 4 is 65.1 Å². The Hall–Kier alpha value is -7.72. The van der Waals surface area contributed by atoms with Crippen LogP contribution in [0.25, 0.3) is 0 Å². The van der Waals surface area contributed by atoms with Crippen LogP contribution in [0.2, 0.25) is 0 Å². The highest BCUT2D eigenvalue weighted by Gasteiger charge is 2.44. The Kier molecular flexibility index (Phi) is 33.5. The van der Waals surface area contributed by atoms with E-state index in [0.717, 1.165) is 0 Å². The zero-order valence-electron chi connectivity index (χ0n) is 58.1. The average Bonchev–Trinajstić information content (AvgIpc) is 1.80. The van der Waals surface area contributed by atoms with E-state index in [4.69, 9.17) is 29.4 Å². The van der Waals surface area contributed by atoms with Gasteiger partial charge in [-0.1, -0.05) is 117 Å². The first kappa shape index (κ1) is 79.7. The maximum Gasteiger partial charge on any atom is 0.410 e. The van der Waals surface area contributed by atoms with Crippen molar-refractivity contribution < 1.29 is 76.7 Å². The summed E-state index contributed by atoms with van der Waals surface area (Å²) in [6, 6.07) is 8.69. The molecule has 0 aliphatic carbocycles. The quantitative estimate of drug-likeness (QED) is 0.0437. The number of methoxy groups -OCH3 is 2. The van der Waals surface area contributed by atoms with Crippen molar-refractivity contribution in [2.45, 2.75) is 175 Å². The first-order chi connectivity index (χ1) is 45.1. The van der Waals surface area contributed by atoms with Gasteiger partial charge in [0.1, 0.15) is 37.4 Å². The highest BCUT2D eigenvalue weighted by molar-refractivity contribution is 5.98. The normalized spacial score (nSPS) is 17.3. The standard InChI is InChI=1S/C68H107N11O16/c1-15-44(8)59(52(91-13)38-55(82)79-33-20-25-51(79)61(92-14)45(9)62(84)71-46(10)60(83)48-22-17-16-18-23-48)76(11)66(88)57(42(4)5)75-65(87)58(43(6)7)77(12)68(90)95-39-47-27-29-49(30-28-47)72-63(85)50(24-19-31-70-67(69)89)73-64(86)56(41(2)3)74-53(80)40-94-37-36-93-35-34-78-32-21-26-54(78)81/h16-18,21-23,26-30,41-46,50-52,56-61,83H,15,19-20,24-25,31-40H2,1-14H3,(H,71,84)(H,72,85)(H,73,86)(H,74,80)(H,75,87)(H3,69,70,89)/t44-,45+,46+,50-,51-,52+,56-,57-,58-,59-,60+,61+/m0/s1. The molecular formula is C68H107N11O16. The number of nitrogens with zero attached hydrogens (tertiary/aromatic N) is 4. The number of urea groups is 1. The van der Waals surface area contributed by atoms with Crippen LogP contribution >= 0.6 is 0 Å². The van der Waals surface area contributed by atoms with Gasteiger partial charge in [0.05, 0.1) is 68.6 Å². The van der Waals surface area contributed by atoms with E-state index in [1.54, 1.807) is 120 Å². The number of aliphatic hydroxyl groups is 1. The molecule has 27 nitrogen and oxygen atoms in total. The number of primary amides is 1. The van der Waals surface area contributed by atoms with Crippen LogP contribution in [0.4, 0.5) is 15.3 Å². The lowest BCUT2D eigenvalue weighted by molar-refractivity contribution is -0.148. The molecule has 0 unspecified atom stereocenters. The van der Waals surface area contributed by atoms with Gasteiger partial charge in [0.2, 0.25) is 47.3 Å². The zero-order valence-corrected chi connectivity index (χ0v) is 58.1. The number of likely N-dealkylation sites (N-methyl/N-ethyl adjacent to an activating group) is 2. The lowest BCUT2D eigenvalue weighted by Crippen LogP contribution is -2.60. The van der Waals surface area contributed by atoms with Crippen LogP contribution in [-0.4, -0.2) is 220 Å². The molecule has 11 amide bonds. The summed E-state index contributed by atoms with van der Waals surface area (Å²) in [5, 5.41) is 27.5. The van der Waals surface area contributed by atoms with Crippen LogP contribution < -0.4 is 37.6 Å². The lowest BCUT2D eigenvalue weighted by atomic mass is 9.89. The molecule has 1 saturated heterocycles. The molecule has 0 aromatic heterocycles. The molecule has 0 bridgehead atoms. The zero-order chi connectivity index (χ0) is 70.6. The number of rotatable bonds is 40. The fourth-order valence-electron chi connectivity index (χ4n) is 11.9. The first-order valence-corrected chi connectivity index (χ1v) is 33.1. The number of nitrogens with one attached hydrogen (secondary N) is 6. The van der Waals surface area contributed by atoms with Crippen LogP contribution in [0.15, 0.2) is 66.7 Å². The van der Waals surface area contributed by atoms with E-state index in [-0.39, 0.29) is 75.9 Å². The minimum atomic E-state index is -1.12. The van der Waals surface area contributed by atoms with Gasteiger partial charge in [0, 0.05) is 66.3 Å². The summed E-state index contributed by atoms with van der Waals surface area (Å²) in [6.45, 7) is 19.5. The van der Waals surface area contributed by atoms with Gasteiger partial charge in [-0.3, -0.25) is 43.3 Å². The van der Waals surface area contributed by atoms with Crippen LogP contribution in [-0.2, 0) is 68.6 Å². The third-order valence-electron chi connectivity index (χ3n) is 17.5. The molecule has 9 N–H and O–H groups in total. The molecule has 530 valence electrons. The maximum atomic E-state index is 14.8. The van der Waals surface area contributed by atoms with Crippen molar-refractivity contribution in [2.24, 2.45) is 35.3 Å². The number of nitrogens with two attached hydrogens (primary N) is 1. The van der Waals surface area contributed by atoms with E-state index in [1.807, 2.05) is 32.0 Å². The molecule has 2 aromatic carbocycles. The monoisotopic (exact) mass is 1330 g/mol. The van der Waals surface area contributed by atoms with Gasteiger partial charge in [0.15, 0.2) is 0 Å². The fourth-order valence-corrected chi connectivity index (χ4v) is 11.9. The summed E-state index contributed by atoms with van der Waals surface area (Å²) >= 11 is 0. The number of hydrogen-bond donors (Lipinski definition) is 8. The van der Waals surface area contributed by atoms with Crippen LogP contribution in [0, 0.1) is 29.6 Å². The molecular weight excluding hydrogens is 1230 g/mol. The third-order valence-corrected chi connectivity index (χ3v) is 17.5. The maximum absolute atomic E-state index is 14.8. The van der Waals surface area contributed by atoms with Crippen molar-refractivity contribution in [2.75, 3.05) is 86.2 Å². The van der Waals surface area contributed by atoms with Gasteiger partial charge in [-0.2, -0.15) is 0 Å². The second kappa shape index (κ2) is 40.0. The molecule has 0 spiro atoms. The van der Waals surface area contributed by atoms with Crippen molar-refractivity contribution in [3.05, 3.63) is 77.9 Å². The van der Waals surface area contributed by atoms with E-state index in [2.05, 4.69) is 31.9 Å². The smallest absolute Gasteiger partial charge is 0.410 e. The van der Waals surface area contributed by atoms with Gasteiger partial charge in [-0.05, 0) is 79.5 Å². The number of anilines is 1. The third kappa shape index (κ3) is 24.5. The molecule has 12 atom stereocenters. The predicted octanol–water partition coefficient (Wildman–Crippen LogP) is 4.02. The number of ether oxygens (including phenoxy) is 5. The Bertz CT molecular complexity index is 2850. The Balaban J connectivity index is 1.36. The SMILES string of the molecule is CC[C@H](C)[C@@H]([C@@H](CC(=O)N1CCC[C@H]1[C@H](OC)[C@@H](C)C(=O)N[C@H](C)[C@@H](O)c1ccccc1)OC)N(C)C(=O)[C@@H](NC(=O)[C@H](C(C)C)N(C)C(=O)OCc1ccc(NC(=O)[C@H](CCCNC(N)=O)NC(=O)[C@@H](NC(=O)COCCOCCN2CC=CC2=O)C(C)C)cc1)C(C)C. The minimum Gasteiger partial charge on any atom is -0.445 e. The number of aliphatic hydroxyl groups excluding tert-OH is 1. The number of benzene rings is 2. The van der Waals surface area contributed by atoms with E-state index in [0.29, 0.717) is 62.3 Å². The van der Waals surface area contributed by atoms with Crippen LogP contribution in [0.3, 0.4) is 0 Å². The van der Waals surface area contributed by atoms with Gasteiger partial charge in [-0.25, -0.2) is 9.59 Å². The van der Waals surface area contributed by atoms with Crippen molar-refractivity contribution in [3.8, 4) is 0 Å². The predicted molar refractivity (Wildman–Crippen MR) is 356 cm³/mol. The Morgan fingerprint density at radius 1 is 0.747 bits per heavy atom. The second-order valence-corrected chi connectivity index (χ2v) is 25.6. The van der Waals surface area contributed by atoms with Gasteiger partial charge >= 0.3 is 12.1 Å². The first-order valence-electron chi connectivity index (χ1n) is 33.1. The van der Waals surface area contributed by atoms with Gasteiger partial charge < -0.3 is 81.1 Å². The molecule has 0 radical (unpaired) electrons. The van der Waals surface area contributed by atoms with Crippen molar-refractivity contribution in [3.63, 3.8) is 0 Å². The Morgan fingerprint density at radius 3 is 2.00 bits per heavy atom. The van der Waals surface area contributed by atoms with Crippen molar-refractivity contribution in [1.82, 2.24) is 46.2 Å². The molecule has 2 aliphatic heterocycles. The Labute approximate surface area is 560 Å². The van der Waals surface area contributed by atoms with Crippen LogP contribution in [0.1, 0.15) is 125 Å². The molecule has 1 fully saturated rings. The van der Waals surface area contributed by atoms with E-state index in [1.165, 1.54) is 32.2 Å². The summed E-state index contributed by atoms with van der Waals surface area (Å²) in [4.78, 5) is 141. The number of carbonyl (C=O) groups is 10. The summed E-state index contributed by atoms with van der Waals surface area (Å²) in [7, 11) is 6.08. The average molecular weight is 1330 g/mol. The number of amides is 11. The highest BCUT2D eigenvalue weighted by Crippen LogP contribution is 2.31.